The third-order valence-electron chi connectivity index (χ3n) is 3.09. The van der Waals surface area contributed by atoms with E-state index in [-0.39, 0.29) is 11.9 Å². The summed E-state index contributed by atoms with van der Waals surface area (Å²) in [5, 5.41) is 0. The van der Waals surface area contributed by atoms with Crippen molar-refractivity contribution < 1.29 is 14.3 Å². The molecule has 1 aliphatic rings. The van der Waals surface area contributed by atoms with Crippen LogP contribution >= 0.6 is 0 Å². The number of Topliss-reactive ketones (excluding diaryl/α,β-unsaturated/α-hetero) is 1. The molecular formula is C13H20O3. The van der Waals surface area contributed by atoms with Gasteiger partial charge >= 0.3 is 5.97 Å². The molecule has 2 unspecified atom stereocenters. The standard InChI is InChI=1S/C13H20O3/c1-3-16-13(15)8-7-10(2)11-5-4-6-12(14)9-11/h7-8,10-11H,3-6,9H2,1-2H3/b8-7+. The molecule has 0 amide bonds. The largest absolute Gasteiger partial charge is 0.463 e. The highest BCUT2D eigenvalue weighted by molar-refractivity contribution is 5.82. The van der Waals surface area contributed by atoms with E-state index in [0.717, 1.165) is 19.3 Å². The Balaban J connectivity index is 2.41. The van der Waals surface area contributed by atoms with Crippen LogP contribution < -0.4 is 0 Å². The summed E-state index contributed by atoms with van der Waals surface area (Å²) < 4.78 is 4.81. The number of hydrogen-bond donors (Lipinski definition) is 0. The van der Waals surface area contributed by atoms with Gasteiger partial charge in [-0.25, -0.2) is 4.79 Å². The lowest BCUT2D eigenvalue weighted by atomic mass is 9.80. The molecule has 0 spiro atoms. The maximum Gasteiger partial charge on any atom is 0.330 e. The van der Waals surface area contributed by atoms with Gasteiger partial charge in [0.15, 0.2) is 0 Å². The van der Waals surface area contributed by atoms with Crippen molar-refractivity contribution in [2.75, 3.05) is 6.61 Å². The first kappa shape index (κ1) is 12.9. The van der Waals surface area contributed by atoms with E-state index < -0.39 is 0 Å². The normalized spacial score (nSPS) is 23.4. The number of ketones is 1. The van der Waals surface area contributed by atoms with Crippen LogP contribution in [-0.2, 0) is 14.3 Å². The maximum absolute atomic E-state index is 11.3. The molecular weight excluding hydrogens is 204 g/mol. The summed E-state index contributed by atoms with van der Waals surface area (Å²) in [5.41, 5.74) is 0. The van der Waals surface area contributed by atoms with E-state index in [1.807, 2.05) is 6.08 Å². The average molecular weight is 224 g/mol. The molecule has 0 N–H and O–H groups in total. The molecule has 1 rings (SSSR count). The fourth-order valence-electron chi connectivity index (χ4n) is 2.08. The van der Waals surface area contributed by atoms with Crippen molar-refractivity contribution in [3.8, 4) is 0 Å². The summed E-state index contributed by atoms with van der Waals surface area (Å²) in [4.78, 5) is 22.4. The van der Waals surface area contributed by atoms with Crippen LogP contribution in [0.2, 0.25) is 0 Å². The molecule has 0 aromatic carbocycles. The van der Waals surface area contributed by atoms with Crippen LogP contribution in [0.4, 0.5) is 0 Å². The Morgan fingerprint density at radius 1 is 1.62 bits per heavy atom. The predicted octanol–water partition coefficient (Wildman–Crippen LogP) is 2.50. The molecule has 0 aliphatic heterocycles. The number of esters is 1. The van der Waals surface area contributed by atoms with E-state index in [9.17, 15) is 9.59 Å². The minimum absolute atomic E-state index is 0.272. The molecule has 90 valence electrons. The van der Waals surface area contributed by atoms with Gasteiger partial charge in [0.25, 0.3) is 0 Å². The van der Waals surface area contributed by atoms with Crippen LogP contribution in [0.3, 0.4) is 0 Å². The smallest absolute Gasteiger partial charge is 0.330 e. The second kappa shape index (κ2) is 6.46. The molecule has 1 aliphatic carbocycles. The number of carbonyl (C=O) groups excluding carboxylic acids is 2. The van der Waals surface area contributed by atoms with E-state index in [1.165, 1.54) is 6.08 Å². The van der Waals surface area contributed by atoms with Crippen LogP contribution in [0.1, 0.15) is 39.5 Å². The third kappa shape index (κ3) is 4.17. The number of allylic oxidation sites excluding steroid dienone is 1. The fourth-order valence-corrected chi connectivity index (χ4v) is 2.08. The summed E-state index contributed by atoms with van der Waals surface area (Å²) in [6.07, 6.45) is 6.80. The lowest BCUT2D eigenvalue weighted by Crippen LogP contribution is -2.20. The fraction of sp³-hybridized carbons (Fsp3) is 0.692. The Kier molecular flexibility index (Phi) is 5.23. The molecule has 0 aromatic heterocycles. The molecule has 2 atom stereocenters. The molecule has 0 radical (unpaired) electrons. The van der Waals surface area contributed by atoms with Gasteiger partial charge in [0.1, 0.15) is 5.78 Å². The lowest BCUT2D eigenvalue weighted by molar-refractivity contribution is -0.137. The second-order valence-electron chi connectivity index (χ2n) is 4.37. The summed E-state index contributed by atoms with van der Waals surface area (Å²) in [7, 11) is 0. The molecule has 3 nitrogen and oxygen atoms in total. The molecule has 0 saturated heterocycles. The van der Waals surface area contributed by atoms with Gasteiger partial charge in [0, 0.05) is 18.9 Å². The van der Waals surface area contributed by atoms with Crippen molar-refractivity contribution in [3.05, 3.63) is 12.2 Å². The van der Waals surface area contributed by atoms with Gasteiger partial charge in [0.05, 0.1) is 6.61 Å². The molecule has 3 heteroatoms. The van der Waals surface area contributed by atoms with Crippen LogP contribution in [0.15, 0.2) is 12.2 Å². The van der Waals surface area contributed by atoms with Gasteiger partial charge in [-0.2, -0.15) is 0 Å². The molecule has 0 heterocycles. The highest BCUT2D eigenvalue weighted by Crippen LogP contribution is 2.28. The van der Waals surface area contributed by atoms with Gasteiger partial charge in [0.2, 0.25) is 0 Å². The molecule has 0 aromatic rings. The molecule has 0 bridgehead atoms. The summed E-state index contributed by atoms with van der Waals surface area (Å²) >= 11 is 0. The molecule has 16 heavy (non-hydrogen) atoms. The number of ether oxygens (including phenoxy) is 1. The minimum Gasteiger partial charge on any atom is -0.463 e. The minimum atomic E-state index is -0.295. The van der Waals surface area contributed by atoms with Gasteiger partial charge in [-0.3, -0.25) is 4.79 Å². The first-order valence-corrected chi connectivity index (χ1v) is 6.00. The number of hydrogen-bond acceptors (Lipinski definition) is 3. The highest BCUT2D eigenvalue weighted by Gasteiger charge is 2.22. The van der Waals surface area contributed by atoms with E-state index in [0.29, 0.717) is 24.7 Å². The average Bonchev–Trinajstić information content (AvgIpc) is 2.26. The predicted molar refractivity (Wildman–Crippen MR) is 61.9 cm³/mol. The van der Waals surface area contributed by atoms with Crippen LogP contribution in [0.25, 0.3) is 0 Å². The number of carbonyl (C=O) groups is 2. The maximum atomic E-state index is 11.3. The third-order valence-corrected chi connectivity index (χ3v) is 3.09. The van der Waals surface area contributed by atoms with Crippen molar-refractivity contribution in [2.24, 2.45) is 11.8 Å². The summed E-state index contributed by atoms with van der Waals surface area (Å²) in [5.74, 6) is 0.727. The Bertz CT molecular complexity index is 281. The van der Waals surface area contributed by atoms with E-state index in [1.54, 1.807) is 6.92 Å². The monoisotopic (exact) mass is 224 g/mol. The molecule has 1 saturated carbocycles. The Morgan fingerprint density at radius 2 is 2.38 bits per heavy atom. The quantitative estimate of drug-likeness (QED) is 0.544. The van der Waals surface area contributed by atoms with E-state index in [2.05, 4.69) is 6.92 Å². The first-order chi connectivity index (χ1) is 7.63. The first-order valence-electron chi connectivity index (χ1n) is 6.00. The summed E-state index contributed by atoms with van der Waals surface area (Å²) in [6, 6.07) is 0. The van der Waals surface area contributed by atoms with Gasteiger partial charge in [-0.05, 0) is 31.6 Å². The van der Waals surface area contributed by atoms with Crippen molar-refractivity contribution >= 4 is 11.8 Å². The zero-order valence-corrected chi connectivity index (χ0v) is 10.1. The second-order valence-corrected chi connectivity index (χ2v) is 4.37. The van der Waals surface area contributed by atoms with Crippen LogP contribution in [-0.4, -0.2) is 18.4 Å². The van der Waals surface area contributed by atoms with E-state index >= 15 is 0 Å². The number of rotatable bonds is 4. The summed E-state index contributed by atoms with van der Waals surface area (Å²) in [6.45, 7) is 4.24. The van der Waals surface area contributed by atoms with Gasteiger partial charge in [-0.15, -0.1) is 0 Å². The van der Waals surface area contributed by atoms with Gasteiger partial charge in [-0.1, -0.05) is 13.0 Å². The Hall–Kier alpha value is -1.12. The highest BCUT2D eigenvalue weighted by atomic mass is 16.5. The lowest BCUT2D eigenvalue weighted by Gasteiger charge is -2.24. The Morgan fingerprint density at radius 3 is 3.00 bits per heavy atom. The van der Waals surface area contributed by atoms with Crippen molar-refractivity contribution in [3.63, 3.8) is 0 Å². The molecule has 1 fully saturated rings. The van der Waals surface area contributed by atoms with Crippen molar-refractivity contribution in [1.29, 1.82) is 0 Å². The topological polar surface area (TPSA) is 43.4 Å². The van der Waals surface area contributed by atoms with Crippen molar-refractivity contribution in [1.82, 2.24) is 0 Å². The van der Waals surface area contributed by atoms with E-state index in [4.69, 9.17) is 4.74 Å². The Labute approximate surface area is 96.9 Å². The zero-order chi connectivity index (χ0) is 12.0. The van der Waals surface area contributed by atoms with Crippen molar-refractivity contribution in [2.45, 2.75) is 39.5 Å². The van der Waals surface area contributed by atoms with Gasteiger partial charge < -0.3 is 4.74 Å². The SMILES string of the molecule is CCOC(=O)/C=C/C(C)C1CCCC(=O)C1. The van der Waals surface area contributed by atoms with Crippen LogP contribution in [0.5, 0.6) is 0 Å². The van der Waals surface area contributed by atoms with Crippen LogP contribution in [0, 0.1) is 11.8 Å². The zero-order valence-electron chi connectivity index (χ0n) is 10.1.